The van der Waals surface area contributed by atoms with Gasteiger partial charge in [0.05, 0.1) is 4.90 Å². The van der Waals surface area contributed by atoms with Crippen molar-refractivity contribution >= 4 is 33.0 Å². The standard InChI is InChI=1S/C22H23FN4O3S2/c1-14-5-10-19(15(2)12-14)32(29,30)27-11-3-4-16(13-27)21-25-26-22(31-21)20(28)24-18-8-6-17(23)7-9-18/h5-10,12,16H,3-4,11,13H2,1-2H3,(H,24,28)/t16-/m0/s1. The predicted octanol–water partition coefficient (Wildman–Crippen LogP) is 4.11. The molecule has 0 unspecified atom stereocenters. The molecule has 1 fully saturated rings. The van der Waals surface area contributed by atoms with E-state index in [9.17, 15) is 17.6 Å². The van der Waals surface area contributed by atoms with Crippen LogP contribution < -0.4 is 5.32 Å². The van der Waals surface area contributed by atoms with Crippen LogP contribution in [0.15, 0.2) is 47.4 Å². The minimum atomic E-state index is -3.62. The summed E-state index contributed by atoms with van der Waals surface area (Å²) < 4.78 is 41.0. The monoisotopic (exact) mass is 474 g/mol. The number of anilines is 1. The van der Waals surface area contributed by atoms with Crippen LogP contribution in [-0.2, 0) is 10.0 Å². The predicted molar refractivity (Wildman–Crippen MR) is 121 cm³/mol. The van der Waals surface area contributed by atoms with Crippen molar-refractivity contribution in [1.29, 1.82) is 0 Å². The van der Waals surface area contributed by atoms with Gasteiger partial charge < -0.3 is 5.32 Å². The van der Waals surface area contributed by atoms with Gasteiger partial charge in [-0.05, 0) is 62.6 Å². The number of aromatic nitrogens is 2. The quantitative estimate of drug-likeness (QED) is 0.601. The molecule has 168 valence electrons. The summed E-state index contributed by atoms with van der Waals surface area (Å²) in [6.07, 6.45) is 1.47. The molecule has 32 heavy (non-hydrogen) atoms. The second kappa shape index (κ2) is 9.05. The van der Waals surface area contributed by atoms with E-state index in [-0.39, 0.29) is 16.7 Å². The lowest BCUT2D eigenvalue weighted by atomic mass is 10.0. The molecule has 1 aromatic heterocycles. The molecular formula is C22H23FN4O3S2. The second-order valence-electron chi connectivity index (χ2n) is 7.88. The summed E-state index contributed by atoms with van der Waals surface area (Å²) in [6.45, 7) is 4.48. The van der Waals surface area contributed by atoms with Gasteiger partial charge in [0.15, 0.2) is 0 Å². The number of aryl methyl sites for hydroxylation is 2. The zero-order chi connectivity index (χ0) is 22.9. The molecule has 0 radical (unpaired) electrons. The first-order valence-corrected chi connectivity index (χ1v) is 12.5. The first-order valence-electron chi connectivity index (χ1n) is 10.2. The van der Waals surface area contributed by atoms with Crippen LogP contribution in [0.5, 0.6) is 0 Å². The molecule has 1 saturated heterocycles. The zero-order valence-electron chi connectivity index (χ0n) is 17.7. The summed E-state index contributed by atoms with van der Waals surface area (Å²) in [6, 6.07) is 10.8. The zero-order valence-corrected chi connectivity index (χ0v) is 19.3. The van der Waals surface area contributed by atoms with Gasteiger partial charge in [0, 0.05) is 24.7 Å². The number of hydrogen-bond acceptors (Lipinski definition) is 6. The molecule has 1 amide bonds. The largest absolute Gasteiger partial charge is 0.320 e. The van der Waals surface area contributed by atoms with Gasteiger partial charge >= 0.3 is 0 Å². The van der Waals surface area contributed by atoms with E-state index in [0.29, 0.717) is 35.1 Å². The highest BCUT2D eigenvalue weighted by atomic mass is 32.2. The summed E-state index contributed by atoms with van der Waals surface area (Å²) in [5.41, 5.74) is 2.19. The third-order valence-corrected chi connectivity index (χ3v) is 8.53. The highest BCUT2D eigenvalue weighted by molar-refractivity contribution is 7.89. The Balaban J connectivity index is 1.48. The molecule has 0 spiro atoms. The van der Waals surface area contributed by atoms with E-state index in [0.717, 1.165) is 28.9 Å². The molecule has 0 aliphatic carbocycles. The number of piperidine rings is 1. The van der Waals surface area contributed by atoms with E-state index in [1.54, 1.807) is 19.1 Å². The van der Waals surface area contributed by atoms with Gasteiger partial charge in [0.2, 0.25) is 15.0 Å². The summed E-state index contributed by atoms with van der Waals surface area (Å²) >= 11 is 1.15. The van der Waals surface area contributed by atoms with E-state index in [1.165, 1.54) is 28.6 Å². The fraction of sp³-hybridized carbons (Fsp3) is 0.318. The van der Waals surface area contributed by atoms with Crippen LogP contribution in [0.4, 0.5) is 10.1 Å². The Morgan fingerprint density at radius 3 is 2.62 bits per heavy atom. The summed E-state index contributed by atoms with van der Waals surface area (Å²) in [4.78, 5) is 12.8. The van der Waals surface area contributed by atoms with E-state index in [1.807, 2.05) is 13.0 Å². The highest BCUT2D eigenvalue weighted by Crippen LogP contribution is 2.32. The number of rotatable bonds is 5. The van der Waals surface area contributed by atoms with Crippen LogP contribution >= 0.6 is 11.3 Å². The number of carbonyl (C=O) groups is 1. The van der Waals surface area contributed by atoms with E-state index < -0.39 is 15.9 Å². The Morgan fingerprint density at radius 2 is 1.91 bits per heavy atom. The molecule has 10 heteroatoms. The number of sulfonamides is 1. The van der Waals surface area contributed by atoms with Crippen LogP contribution in [0, 0.1) is 19.7 Å². The minimum absolute atomic E-state index is 0.130. The van der Waals surface area contributed by atoms with Gasteiger partial charge in [-0.1, -0.05) is 29.0 Å². The lowest BCUT2D eigenvalue weighted by Crippen LogP contribution is -2.39. The molecule has 3 aromatic rings. The fourth-order valence-electron chi connectivity index (χ4n) is 3.80. The maximum atomic E-state index is 13.2. The smallest absolute Gasteiger partial charge is 0.286 e. The average molecular weight is 475 g/mol. The molecular weight excluding hydrogens is 451 g/mol. The van der Waals surface area contributed by atoms with Crippen molar-refractivity contribution in [2.24, 2.45) is 0 Å². The van der Waals surface area contributed by atoms with Crippen molar-refractivity contribution in [2.45, 2.75) is 37.5 Å². The first-order chi connectivity index (χ1) is 15.2. The van der Waals surface area contributed by atoms with Gasteiger partial charge in [-0.15, -0.1) is 10.2 Å². The van der Waals surface area contributed by atoms with Crippen molar-refractivity contribution in [1.82, 2.24) is 14.5 Å². The van der Waals surface area contributed by atoms with Crippen molar-refractivity contribution in [3.05, 3.63) is 69.4 Å². The third-order valence-electron chi connectivity index (χ3n) is 5.42. The molecule has 4 rings (SSSR count). The Morgan fingerprint density at radius 1 is 1.16 bits per heavy atom. The number of benzene rings is 2. The Labute approximate surface area is 190 Å². The van der Waals surface area contributed by atoms with Crippen LogP contribution in [0.3, 0.4) is 0 Å². The number of amides is 1. The van der Waals surface area contributed by atoms with Crippen molar-refractivity contribution < 1.29 is 17.6 Å². The molecule has 2 aromatic carbocycles. The molecule has 7 nitrogen and oxygen atoms in total. The summed E-state index contributed by atoms with van der Waals surface area (Å²) in [5.74, 6) is -0.955. The second-order valence-corrected chi connectivity index (χ2v) is 10.8. The Kier molecular flexibility index (Phi) is 6.36. The fourth-order valence-corrected chi connectivity index (χ4v) is 6.39. The number of carbonyl (C=O) groups excluding carboxylic acids is 1. The molecule has 1 aliphatic rings. The van der Waals surface area contributed by atoms with Gasteiger partial charge in [0.25, 0.3) is 5.91 Å². The number of hydrogen-bond donors (Lipinski definition) is 1. The van der Waals surface area contributed by atoms with Gasteiger partial charge in [-0.3, -0.25) is 4.79 Å². The minimum Gasteiger partial charge on any atom is -0.320 e. The molecule has 0 bridgehead atoms. The summed E-state index contributed by atoms with van der Waals surface area (Å²) in [5, 5.41) is 11.6. The highest BCUT2D eigenvalue weighted by Gasteiger charge is 2.33. The van der Waals surface area contributed by atoms with Gasteiger partial charge in [-0.2, -0.15) is 4.31 Å². The van der Waals surface area contributed by atoms with Crippen LogP contribution in [-0.4, -0.2) is 41.9 Å². The van der Waals surface area contributed by atoms with Crippen molar-refractivity contribution in [3.8, 4) is 0 Å². The molecule has 1 N–H and O–H groups in total. The molecule has 0 saturated carbocycles. The average Bonchev–Trinajstić information content (AvgIpc) is 3.26. The van der Waals surface area contributed by atoms with Crippen LogP contribution in [0.1, 0.15) is 44.7 Å². The summed E-state index contributed by atoms with van der Waals surface area (Å²) in [7, 11) is -3.62. The molecule has 2 heterocycles. The van der Waals surface area contributed by atoms with Crippen LogP contribution in [0.2, 0.25) is 0 Å². The van der Waals surface area contributed by atoms with Crippen molar-refractivity contribution in [2.75, 3.05) is 18.4 Å². The third kappa shape index (κ3) is 4.72. The first kappa shape index (κ1) is 22.5. The Bertz CT molecular complexity index is 1240. The normalized spacial score (nSPS) is 17.3. The van der Waals surface area contributed by atoms with E-state index in [4.69, 9.17) is 0 Å². The maximum Gasteiger partial charge on any atom is 0.286 e. The lowest BCUT2D eigenvalue weighted by molar-refractivity contribution is 0.102. The number of nitrogens with one attached hydrogen (secondary N) is 1. The van der Waals surface area contributed by atoms with E-state index in [2.05, 4.69) is 15.5 Å². The van der Waals surface area contributed by atoms with Gasteiger partial charge in [-0.25, -0.2) is 12.8 Å². The molecule has 1 aliphatic heterocycles. The number of halogens is 1. The number of nitrogens with zero attached hydrogens (tertiary/aromatic N) is 3. The molecule has 1 atom stereocenters. The topological polar surface area (TPSA) is 92.3 Å². The maximum absolute atomic E-state index is 13.2. The van der Waals surface area contributed by atoms with E-state index >= 15 is 0 Å². The van der Waals surface area contributed by atoms with Gasteiger partial charge in [0.1, 0.15) is 10.8 Å². The Hall–Kier alpha value is -2.69. The van der Waals surface area contributed by atoms with Crippen molar-refractivity contribution in [3.63, 3.8) is 0 Å². The van der Waals surface area contributed by atoms with Crippen LogP contribution in [0.25, 0.3) is 0 Å². The SMILES string of the molecule is Cc1ccc(S(=O)(=O)N2CCC[C@H](c3nnc(C(=O)Nc4ccc(F)cc4)s3)C2)c(C)c1. The lowest BCUT2D eigenvalue weighted by Gasteiger charge is -2.31.